The van der Waals surface area contributed by atoms with Crippen molar-refractivity contribution in [3.63, 3.8) is 0 Å². The van der Waals surface area contributed by atoms with E-state index < -0.39 is 17.9 Å². The van der Waals surface area contributed by atoms with Crippen LogP contribution in [0.15, 0.2) is 71.6 Å². The predicted molar refractivity (Wildman–Crippen MR) is 134 cm³/mol. The number of amides is 3. The van der Waals surface area contributed by atoms with Gasteiger partial charge in [-0.3, -0.25) is 24.3 Å². The summed E-state index contributed by atoms with van der Waals surface area (Å²) in [6.45, 7) is -0.334. The van der Waals surface area contributed by atoms with Crippen molar-refractivity contribution in [2.45, 2.75) is 44.2 Å². The van der Waals surface area contributed by atoms with Crippen LogP contribution in [0.5, 0.6) is 5.75 Å². The second kappa shape index (κ2) is 12.0. The highest BCUT2D eigenvalue weighted by Gasteiger charge is 2.34. The molecule has 0 unspecified atom stereocenters. The van der Waals surface area contributed by atoms with Crippen LogP contribution in [0, 0.1) is 0 Å². The zero-order chi connectivity index (χ0) is 25.3. The second-order valence-corrected chi connectivity index (χ2v) is 8.65. The number of rotatable bonds is 9. The van der Waals surface area contributed by atoms with Crippen LogP contribution in [0.3, 0.4) is 0 Å². The van der Waals surface area contributed by atoms with Gasteiger partial charge in [-0.05, 0) is 55.3 Å². The Morgan fingerprint density at radius 1 is 1.08 bits per heavy atom. The Bertz CT molecular complexity index is 1140. The normalized spacial score (nSPS) is 14.5. The number of aromatic nitrogens is 1. The quantitative estimate of drug-likeness (QED) is 0.474. The molecule has 1 atom stereocenters. The van der Waals surface area contributed by atoms with Gasteiger partial charge in [0.05, 0.1) is 19.9 Å². The average molecular weight is 491 g/mol. The number of furan rings is 1. The number of nitrogens with one attached hydrogen (secondary N) is 2. The molecular formula is C27H30N4O5. The summed E-state index contributed by atoms with van der Waals surface area (Å²) in [6.07, 6.45) is 9.66. The molecule has 1 fully saturated rings. The maximum absolute atomic E-state index is 13.7. The number of carbonyl (C=O) groups is 3. The molecule has 1 aliphatic carbocycles. The van der Waals surface area contributed by atoms with E-state index in [1.54, 1.807) is 62.0 Å². The van der Waals surface area contributed by atoms with Crippen molar-refractivity contribution in [2.24, 2.45) is 0 Å². The lowest BCUT2D eigenvalue weighted by Gasteiger charge is -2.33. The van der Waals surface area contributed by atoms with Crippen LogP contribution in [-0.4, -0.2) is 42.4 Å². The molecule has 0 aliphatic heterocycles. The van der Waals surface area contributed by atoms with Gasteiger partial charge in [-0.2, -0.15) is 0 Å². The molecule has 1 aromatic carbocycles. The fourth-order valence-electron chi connectivity index (χ4n) is 4.40. The Labute approximate surface area is 209 Å². The summed E-state index contributed by atoms with van der Waals surface area (Å²) in [5.74, 6) is -0.573. The molecule has 2 N–H and O–H groups in total. The van der Waals surface area contributed by atoms with E-state index in [0.29, 0.717) is 17.0 Å². The zero-order valence-corrected chi connectivity index (χ0v) is 20.2. The molecule has 2 heterocycles. The summed E-state index contributed by atoms with van der Waals surface area (Å²) in [7, 11) is 1.55. The average Bonchev–Trinajstić information content (AvgIpc) is 3.46. The van der Waals surface area contributed by atoms with Crippen molar-refractivity contribution >= 4 is 23.4 Å². The number of nitrogens with zero attached hydrogens (tertiary/aromatic N) is 2. The Hall–Kier alpha value is -4.14. The number of ether oxygens (including phenoxy) is 1. The SMILES string of the molecule is COc1ccc(N(C(=O)CNC(=O)c2ccco2)[C@H](C(=O)NC2CCCCC2)c2cccnc2)cc1. The lowest BCUT2D eigenvalue weighted by Crippen LogP contribution is -2.49. The summed E-state index contributed by atoms with van der Waals surface area (Å²) >= 11 is 0. The molecule has 1 aliphatic rings. The van der Waals surface area contributed by atoms with Gasteiger partial charge in [-0.1, -0.05) is 25.3 Å². The highest BCUT2D eigenvalue weighted by molar-refractivity contribution is 6.04. The first kappa shape index (κ1) is 25.0. The van der Waals surface area contributed by atoms with Gasteiger partial charge in [0.15, 0.2) is 5.76 Å². The van der Waals surface area contributed by atoms with Crippen molar-refractivity contribution in [3.8, 4) is 5.75 Å². The highest BCUT2D eigenvalue weighted by atomic mass is 16.5. The molecule has 9 heteroatoms. The number of carbonyl (C=O) groups excluding carboxylic acids is 3. The first-order chi connectivity index (χ1) is 17.6. The van der Waals surface area contributed by atoms with Crippen molar-refractivity contribution in [1.29, 1.82) is 0 Å². The molecule has 0 spiro atoms. The van der Waals surface area contributed by atoms with Crippen LogP contribution >= 0.6 is 0 Å². The third-order valence-corrected chi connectivity index (χ3v) is 6.22. The number of hydrogen-bond donors (Lipinski definition) is 2. The minimum absolute atomic E-state index is 0.0527. The molecular weight excluding hydrogens is 460 g/mol. The number of hydrogen-bond acceptors (Lipinski definition) is 6. The largest absolute Gasteiger partial charge is 0.497 e. The number of benzene rings is 1. The van der Waals surface area contributed by atoms with Crippen LogP contribution < -0.4 is 20.3 Å². The van der Waals surface area contributed by atoms with Crippen LogP contribution in [0.1, 0.15) is 54.3 Å². The maximum Gasteiger partial charge on any atom is 0.287 e. The van der Waals surface area contributed by atoms with E-state index in [0.717, 1.165) is 32.1 Å². The van der Waals surface area contributed by atoms with E-state index in [1.165, 1.54) is 17.2 Å². The third-order valence-electron chi connectivity index (χ3n) is 6.22. The molecule has 1 saturated carbocycles. The van der Waals surface area contributed by atoms with E-state index >= 15 is 0 Å². The molecule has 0 saturated heterocycles. The molecule has 0 bridgehead atoms. The zero-order valence-electron chi connectivity index (χ0n) is 20.2. The molecule has 9 nitrogen and oxygen atoms in total. The van der Waals surface area contributed by atoms with Crippen molar-refractivity contribution in [1.82, 2.24) is 15.6 Å². The number of pyridine rings is 1. The van der Waals surface area contributed by atoms with Gasteiger partial charge in [0.25, 0.3) is 5.91 Å². The van der Waals surface area contributed by atoms with Gasteiger partial charge in [0, 0.05) is 29.7 Å². The smallest absolute Gasteiger partial charge is 0.287 e. The molecule has 4 rings (SSSR count). The van der Waals surface area contributed by atoms with Crippen LogP contribution in [0.4, 0.5) is 5.69 Å². The number of methoxy groups -OCH3 is 1. The Morgan fingerprint density at radius 2 is 1.86 bits per heavy atom. The summed E-state index contributed by atoms with van der Waals surface area (Å²) in [5, 5.41) is 5.73. The summed E-state index contributed by atoms with van der Waals surface area (Å²) in [5.41, 5.74) is 1.05. The summed E-state index contributed by atoms with van der Waals surface area (Å²) < 4.78 is 10.4. The maximum atomic E-state index is 13.7. The van der Waals surface area contributed by atoms with E-state index in [9.17, 15) is 14.4 Å². The van der Waals surface area contributed by atoms with Gasteiger partial charge in [0.2, 0.25) is 11.8 Å². The Morgan fingerprint density at radius 3 is 2.50 bits per heavy atom. The molecule has 0 radical (unpaired) electrons. The first-order valence-corrected chi connectivity index (χ1v) is 12.0. The Kier molecular flexibility index (Phi) is 8.33. The fraction of sp³-hybridized carbons (Fsp3) is 0.333. The summed E-state index contributed by atoms with van der Waals surface area (Å²) in [4.78, 5) is 45.3. The van der Waals surface area contributed by atoms with E-state index in [2.05, 4.69) is 15.6 Å². The highest BCUT2D eigenvalue weighted by Crippen LogP contribution is 2.30. The van der Waals surface area contributed by atoms with Gasteiger partial charge in [-0.15, -0.1) is 0 Å². The fourth-order valence-corrected chi connectivity index (χ4v) is 4.40. The van der Waals surface area contributed by atoms with Crippen molar-refractivity contribution in [3.05, 3.63) is 78.5 Å². The molecule has 188 valence electrons. The van der Waals surface area contributed by atoms with Crippen molar-refractivity contribution < 1.29 is 23.5 Å². The Balaban J connectivity index is 1.66. The second-order valence-electron chi connectivity index (χ2n) is 8.65. The topological polar surface area (TPSA) is 114 Å². The monoisotopic (exact) mass is 490 g/mol. The first-order valence-electron chi connectivity index (χ1n) is 12.0. The lowest BCUT2D eigenvalue weighted by molar-refractivity contribution is -0.127. The van der Waals surface area contributed by atoms with Crippen molar-refractivity contribution in [2.75, 3.05) is 18.6 Å². The van der Waals surface area contributed by atoms with E-state index in [1.807, 2.05) is 0 Å². The van der Waals surface area contributed by atoms with E-state index in [-0.39, 0.29) is 24.3 Å². The van der Waals surface area contributed by atoms with Crippen LogP contribution in [-0.2, 0) is 9.59 Å². The summed E-state index contributed by atoms with van der Waals surface area (Å²) in [6, 6.07) is 12.5. The van der Waals surface area contributed by atoms with Crippen LogP contribution in [0.2, 0.25) is 0 Å². The predicted octanol–water partition coefficient (Wildman–Crippen LogP) is 3.64. The number of anilines is 1. The third kappa shape index (κ3) is 6.10. The minimum Gasteiger partial charge on any atom is -0.497 e. The van der Waals surface area contributed by atoms with Gasteiger partial charge in [0.1, 0.15) is 11.8 Å². The van der Waals surface area contributed by atoms with E-state index in [4.69, 9.17) is 9.15 Å². The minimum atomic E-state index is -0.984. The molecule has 3 aromatic rings. The molecule has 36 heavy (non-hydrogen) atoms. The standard InChI is InChI=1S/C27H30N4O5/c1-35-22-13-11-21(12-14-22)31(24(32)18-29-26(33)23-10-6-16-36-23)25(19-7-5-15-28-17-19)27(34)30-20-8-3-2-4-9-20/h5-7,10-17,20,25H,2-4,8-9,18H2,1H3,(H,29,33)(H,30,34)/t25-/m0/s1. The molecule has 2 aromatic heterocycles. The van der Waals surface area contributed by atoms with Crippen LogP contribution in [0.25, 0.3) is 0 Å². The van der Waals surface area contributed by atoms with Gasteiger partial charge in [-0.25, -0.2) is 0 Å². The lowest BCUT2D eigenvalue weighted by atomic mass is 9.94. The van der Waals surface area contributed by atoms with Gasteiger partial charge < -0.3 is 19.8 Å². The van der Waals surface area contributed by atoms with Gasteiger partial charge >= 0.3 is 0 Å². The molecule has 3 amide bonds.